The van der Waals surface area contributed by atoms with Gasteiger partial charge in [-0.05, 0) is 44.5 Å². The number of nitrogens with zero attached hydrogens (tertiary/aromatic N) is 4. The maximum Gasteiger partial charge on any atom is 0.573 e. The number of hydrogen-bond donors (Lipinski definition) is 1. The van der Waals surface area contributed by atoms with Crippen molar-refractivity contribution >= 4 is 34.0 Å². The van der Waals surface area contributed by atoms with Gasteiger partial charge in [0.05, 0.1) is 23.1 Å². The largest absolute Gasteiger partial charge is 0.573 e. The zero-order valence-electron chi connectivity index (χ0n) is 17.8. The van der Waals surface area contributed by atoms with E-state index in [2.05, 4.69) is 19.9 Å². The highest BCUT2D eigenvalue weighted by Gasteiger charge is 2.40. The van der Waals surface area contributed by atoms with E-state index in [0.717, 1.165) is 29.2 Å². The third kappa shape index (κ3) is 4.20. The normalized spacial score (nSPS) is 17.2. The molecule has 4 heterocycles. The van der Waals surface area contributed by atoms with Crippen molar-refractivity contribution in [3.63, 3.8) is 0 Å². The summed E-state index contributed by atoms with van der Waals surface area (Å²) in [4.78, 5) is 27.2. The van der Waals surface area contributed by atoms with E-state index in [1.54, 1.807) is 17.0 Å². The molecular formula is C22H20F3N5O2S. The van der Waals surface area contributed by atoms with Crippen molar-refractivity contribution in [1.29, 1.82) is 0 Å². The lowest BCUT2D eigenvalue weighted by Gasteiger charge is -2.35. The van der Waals surface area contributed by atoms with Gasteiger partial charge in [-0.1, -0.05) is 12.1 Å². The van der Waals surface area contributed by atoms with Gasteiger partial charge < -0.3 is 9.64 Å². The second-order valence-corrected chi connectivity index (χ2v) is 9.17. The predicted molar refractivity (Wildman–Crippen MR) is 120 cm³/mol. The van der Waals surface area contributed by atoms with Crippen molar-refractivity contribution in [2.75, 3.05) is 28.2 Å². The van der Waals surface area contributed by atoms with Gasteiger partial charge in [0, 0.05) is 23.5 Å². The number of thiazole rings is 1. The molecule has 5 rings (SSSR count). The van der Waals surface area contributed by atoms with E-state index in [0.29, 0.717) is 28.8 Å². The Bertz CT molecular complexity index is 1210. The van der Waals surface area contributed by atoms with E-state index in [9.17, 15) is 18.0 Å². The van der Waals surface area contributed by atoms with Gasteiger partial charge in [0.15, 0.2) is 10.9 Å². The number of carbonyl (C=O) groups is 1. The standard InChI is InChI=1S/C22H20F3N5O2S/c1-12-13(2)33-20(26-12)28-21(31)30-15-8-9-29(11-15)18-7-6-17(27-19(18)30)14-4-3-5-16(10-14)32-22(23,24)25/h3-7,10,15H,8-9,11H2,1-2H3,(H,26,28,31)/t15-/m0/s1. The Balaban J connectivity index is 1.49. The van der Waals surface area contributed by atoms with Crippen molar-refractivity contribution in [2.45, 2.75) is 32.7 Å². The third-order valence-electron chi connectivity index (χ3n) is 5.78. The van der Waals surface area contributed by atoms with Crippen LogP contribution in [0.5, 0.6) is 5.75 Å². The number of aryl methyl sites for hydroxylation is 2. The Morgan fingerprint density at radius 2 is 2.03 bits per heavy atom. The average Bonchev–Trinajstić information content (AvgIpc) is 3.30. The molecule has 1 fully saturated rings. The zero-order valence-corrected chi connectivity index (χ0v) is 18.6. The molecule has 3 aromatic rings. The number of fused-ring (bicyclic) bond motifs is 4. The molecule has 2 aliphatic heterocycles. The Kier molecular flexibility index (Phi) is 5.15. The molecule has 0 saturated carbocycles. The molecule has 1 aromatic carbocycles. The van der Waals surface area contributed by atoms with Crippen LogP contribution in [0.15, 0.2) is 36.4 Å². The molecule has 1 atom stereocenters. The highest BCUT2D eigenvalue weighted by atomic mass is 32.1. The summed E-state index contributed by atoms with van der Waals surface area (Å²) >= 11 is 1.41. The number of halogens is 3. The molecule has 0 spiro atoms. The molecule has 11 heteroatoms. The smallest absolute Gasteiger partial charge is 0.406 e. The molecule has 7 nitrogen and oxygen atoms in total. The maximum absolute atomic E-state index is 13.3. The summed E-state index contributed by atoms with van der Waals surface area (Å²) in [5, 5.41) is 3.40. The Labute approximate surface area is 191 Å². The number of rotatable bonds is 3. The molecule has 0 radical (unpaired) electrons. The van der Waals surface area contributed by atoms with Gasteiger partial charge in [-0.15, -0.1) is 24.5 Å². The van der Waals surface area contributed by atoms with Gasteiger partial charge in [0.1, 0.15) is 5.75 Å². The van der Waals surface area contributed by atoms with Crippen LogP contribution in [0.2, 0.25) is 0 Å². The van der Waals surface area contributed by atoms with Crippen LogP contribution < -0.4 is 19.9 Å². The van der Waals surface area contributed by atoms with Crippen molar-refractivity contribution in [3.05, 3.63) is 47.0 Å². The topological polar surface area (TPSA) is 70.6 Å². The predicted octanol–water partition coefficient (Wildman–Crippen LogP) is 5.35. The van der Waals surface area contributed by atoms with Crippen molar-refractivity contribution in [1.82, 2.24) is 9.97 Å². The third-order valence-corrected chi connectivity index (χ3v) is 6.76. The summed E-state index contributed by atoms with van der Waals surface area (Å²) in [5.74, 6) is 0.151. The Morgan fingerprint density at radius 3 is 2.76 bits per heavy atom. The summed E-state index contributed by atoms with van der Waals surface area (Å²) in [6, 6.07) is 8.87. The first-order valence-corrected chi connectivity index (χ1v) is 11.2. The van der Waals surface area contributed by atoms with Gasteiger partial charge in [-0.2, -0.15) is 0 Å². The van der Waals surface area contributed by atoms with Crippen LogP contribution >= 0.6 is 11.3 Å². The number of anilines is 3. The number of pyridine rings is 1. The molecule has 33 heavy (non-hydrogen) atoms. The van der Waals surface area contributed by atoms with Gasteiger partial charge >= 0.3 is 12.4 Å². The molecule has 2 amide bonds. The number of ether oxygens (including phenoxy) is 1. The summed E-state index contributed by atoms with van der Waals surface area (Å²) in [7, 11) is 0. The molecular weight excluding hydrogens is 455 g/mol. The minimum atomic E-state index is -4.78. The van der Waals surface area contributed by atoms with Gasteiger partial charge in [0.25, 0.3) is 0 Å². The Hall–Kier alpha value is -3.34. The summed E-state index contributed by atoms with van der Waals surface area (Å²) < 4.78 is 42.0. The fourth-order valence-corrected chi connectivity index (χ4v) is 4.97. The van der Waals surface area contributed by atoms with Crippen LogP contribution in [0.1, 0.15) is 17.0 Å². The van der Waals surface area contributed by atoms with E-state index >= 15 is 0 Å². The van der Waals surface area contributed by atoms with Crippen LogP contribution in [0, 0.1) is 13.8 Å². The number of benzene rings is 1. The second kappa shape index (κ2) is 7.91. The first kappa shape index (κ1) is 21.5. The van der Waals surface area contributed by atoms with Gasteiger partial charge in [-0.3, -0.25) is 10.2 Å². The van der Waals surface area contributed by atoms with E-state index in [1.807, 2.05) is 19.9 Å². The van der Waals surface area contributed by atoms with E-state index in [4.69, 9.17) is 4.98 Å². The van der Waals surface area contributed by atoms with Crippen LogP contribution in [0.3, 0.4) is 0 Å². The van der Waals surface area contributed by atoms with Crippen molar-refractivity contribution < 1.29 is 22.7 Å². The molecule has 1 saturated heterocycles. The number of amides is 2. The number of nitrogens with one attached hydrogen (secondary N) is 1. The molecule has 0 unspecified atom stereocenters. The van der Waals surface area contributed by atoms with Crippen molar-refractivity contribution in [2.24, 2.45) is 0 Å². The molecule has 172 valence electrons. The minimum Gasteiger partial charge on any atom is -0.406 e. The van der Waals surface area contributed by atoms with E-state index in [-0.39, 0.29) is 17.8 Å². The van der Waals surface area contributed by atoms with Crippen LogP contribution in [0.4, 0.5) is 34.6 Å². The second-order valence-electron chi connectivity index (χ2n) is 7.96. The SMILES string of the molecule is Cc1nc(NC(=O)N2c3nc(-c4cccc(OC(F)(F)F)c4)ccc3N3CC[C@H]2C3)sc1C. The first-order chi connectivity index (χ1) is 15.7. The van der Waals surface area contributed by atoms with Crippen LogP contribution in [0.25, 0.3) is 11.3 Å². The highest BCUT2D eigenvalue weighted by molar-refractivity contribution is 7.15. The minimum absolute atomic E-state index is 0.0534. The Morgan fingerprint density at radius 1 is 1.21 bits per heavy atom. The van der Waals surface area contributed by atoms with Crippen molar-refractivity contribution in [3.8, 4) is 17.0 Å². The quantitative estimate of drug-likeness (QED) is 0.553. The number of alkyl halides is 3. The molecule has 2 bridgehead atoms. The number of urea groups is 1. The first-order valence-electron chi connectivity index (χ1n) is 10.3. The number of aromatic nitrogens is 2. The molecule has 0 aliphatic carbocycles. The summed E-state index contributed by atoms with van der Waals surface area (Å²) in [6.45, 7) is 5.33. The number of hydrogen-bond acceptors (Lipinski definition) is 6. The molecule has 2 aromatic heterocycles. The van der Waals surface area contributed by atoms with Crippen LogP contribution in [-0.2, 0) is 0 Å². The number of carbonyl (C=O) groups excluding carboxylic acids is 1. The summed E-state index contributed by atoms with van der Waals surface area (Å²) in [5.41, 5.74) is 2.58. The lowest BCUT2D eigenvalue weighted by molar-refractivity contribution is -0.274. The average molecular weight is 475 g/mol. The van der Waals surface area contributed by atoms with E-state index in [1.165, 1.54) is 29.5 Å². The monoisotopic (exact) mass is 475 g/mol. The van der Waals surface area contributed by atoms with Gasteiger partial charge in [0.2, 0.25) is 0 Å². The summed E-state index contributed by atoms with van der Waals surface area (Å²) in [6.07, 6.45) is -3.99. The fraction of sp³-hybridized carbons (Fsp3) is 0.318. The highest BCUT2D eigenvalue weighted by Crippen LogP contribution is 2.41. The van der Waals surface area contributed by atoms with E-state index < -0.39 is 6.36 Å². The van der Waals surface area contributed by atoms with Crippen LogP contribution in [-0.4, -0.2) is 41.5 Å². The lowest BCUT2D eigenvalue weighted by atomic mass is 10.1. The van der Waals surface area contributed by atoms with Gasteiger partial charge in [-0.25, -0.2) is 14.8 Å². The maximum atomic E-state index is 13.3. The molecule has 1 N–H and O–H groups in total. The molecule has 2 aliphatic rings. The lowest BCUT2D eigenvalue weighted by Crippen LogP contribution is -2.48. The fourth-order valence-electron chi connectivity index (χ4n) is 4.16. The zero-order chi connectivity index (χ0) is 23.3.